The number of hydrogen-bond acceptors (Lipinski definition) is 16. The topological polar surface area (TPSA) is 245 Å². The second kappa shape index (κ2) is 39.2. The number of anilines is 4. The zero-order valence-corrected chi connectivity index (χ0v) is 58.6. The molecule has 4 saturated heterocycles. The van der Waals surface area contributed by atoms with E-state index in [9.17, 15) is 8.78 Å². The molecule has 106 heavy (non-hydrogen) atoms. The molecule has 4 aromatic carbocycles. The minimum Gasteiger partial charge on any atom is -0.364 e. The van der Waals surface area contributed by atoms with Gasteiger partial charge < -0.3 is 41.7 Å². The van der Waals surface area contributed by atoms with E-state index in [1.165, 1.54) is 43.5 Å². The van der Waals surface area contributed by atoms with Crippen LogP contribution in [0.2, 0.25) is 10.0 Å². The van der Waals surface area contributed by atoms with Crippen molar-refractivity contribution < 1.29 is 8.78 Å². The van der Waals surface area contributed by atoms with Gasteiger partial charge in [-0.1, -0.05) is 77.2 Å². The molecule has 4 aliphatic rings. The first-order valence-electron chi connectivity index (χ1n) is 34.9. The highest BCUT2D eigenvalue weighted by Gasteiger charge is 2.27. The summed E-state index contributed by atoms with van der Waals surface area (Å²) in [6, 6.07) is 46.0. The third-order valence-corrected chi connectivity index (χ3v) is 19.2. The molecule has 0 saturated carbocycles. The molecule has 0 bridgehead atoms. The number of benzene rings is 4. The molecule has 4 aliphatic heterocycles. The minimum absolute atomic E-state index is 0. The van der Waals surface area contributed by atoms with E-state index in [-0.39, 0.29) is 41.3 Å². The fraction of sp³-hybridized carbons (Fsp3) is 0.317. The molecule has 556 valence electrons. The summed E-state index contributed by atoms with van der Waals surface area (Å²) in [6.45, 7) is 8.35. The number of aromatic nitrogens is 12. The van der Waals surface area contributed by atoms with Gasteiger partial charge >= 0.3 is 0 Å². The predicted octanol–water partition coefficient (Wildman–Crippen LogP) is 18.0. The van der Waals surface area contributed by atoms with E-state index >= 15 is 0 Å². The highest BCUT2D eigenvalue weighted by atomic mass is 35.5. The number of piperidine rings is 4. The number of aromatic amines is 4. The average Bonchev–Trinajstić information content (AvgIpc) is 1.66. The van der Waals surface area contributed by atoms with Crippen LogP contribution in [0.25, 0.3) is 89.5 Å². The summed E-state index contributed by atoms with van der Waals surface area (Å²) < 4.78 is 26.6. The lowest BCUT2D eigenvalue weighted by molar-refractivity contribution is 0.261. The lowest BCUT2D eigenvalue weighted by Gasteiger charge is -2.30. The number of pyridine rings is 4. The second-order valence-electron chi connectivity index (χ2n) is 26.1. The van der Waals surface area contributed by atoms with E-state index < -0.39 is 0 Å². The molecule has 0 aliphatic carbocycles. The number of halogens is 4. The van der Waals surface area contributed by atoms with E-state index in [0.29, 0.717) is 24.2 Å². The van der Waals surface area contributed by atoms with Gasteiger partial charge in [0, 0.05) is 132 Å². The Morgan fingerprint density at radius 1 is 0.340 bits per heavy atom. The maximum atomic E-state index is 13.3. The molecule has 12 aromatic rings. The molecule has 4 fully saturated rings. The number of H-pyrrole nitrogens is 4. The fourth-order valence-electron chi connectivity index (χ4n) is 13.6. The highest BCUT2D eigenvalue weighted by molar-refractivity contribution is 6.31. The highest BCUT2D eigenvalue weighted by Crippen LogP contribution is 2.41. The van der Waals surface area contributed by atoms with Crippen LogP contribution in [0.5, 0.6) is 0 Å². The molecule has 0 radical (unpaired) electrons. The number of rotatable bonds is 16. The predicted molar refractivity (Wildman–Crippen MR) is 433 cm³/mol. The van der Waals surface area contributed by atoms with Crippen molar-refractivity contribution in [2.45, 2.75) is 105 Å². The monoisotopic (exact) mass is 1470 g/mol. The lowest BCUT2D eigenvalue weighted by Crippen LogP contribution is -2.39. The quantitative estimate of drug-likeness (QED) is 0.0432. The van der Waals surface area contributed by atoms with Crippen molar-refractivity contribution in [3.63, 3.8) is 0 Å². The number of nitrogens with one attached hydrogen (secondary N) is 10. The van der Waals surface area contributed by atoms with Crippen LogP contribution in [0, 0.1) is 11.6 Å². The first kappa shape index (κ1) is 79.9. The Morgan fingerprint density at radius 2 is 0.594 bits per heavy atom. The molecular weight excluding hydrogens is 1370 g/mol. The summed E-state index contributed by atoms with van der Waals surface area (Å²) in [7, 11) is 4.31. The standard InChI is InChI=1S/C20H22ClN5.C20H22FN5.C19H20ClN5.C19H20FN5.4CH4/c2*1-26-12-2-3-17(13-26)23-20-18(14-8-10-22-11-9-14)19(24-25-20)15-4-6-16(21)7-5-15;2*20-15-5-3-14(4-6-15)18-17(13-7-10-21-11-8-13)19(25-24-18)23-16-2-1-9-22-12-16;;;;/h2*4-11,17H,2-3,12-13H2,1H3,(H2,23,24,25);2*3-8,10-11,16,22H,1-2,9,12H2,(H2,23,24,25);4*1H4. The van der Waals surface area contributed by atoms with E-state index in [1.807, 2.05) is 109 Å². The van der Waals surface area contributed by atoms with Crippen LogP contribution in [-0.2, 0) is 0 Å². The lowest BCUT2D eigenvalue weighted by atomic mass is 10.0. The van der Waals surface area contributed by atoms with E-state index in [1.54, 1.807) is 61.4 Å². The summed E-state index contributed by atoms with van der Waals surface area (Å²) in [6.07, 6.45) is 23.6. The first-order chi connectivity index (χ1) is 50.0. The molecule has 16 rings (SSSR count). The summed E-state index contributed by atoms with van der Waals surface area (Å²) in [5.41, 5.74) is 16.0. The molecule has 4 atom stereocenters. The van der Waals surface area contributed by atoms with Crippen molar-refractivity contribution in [1.29, 1.82) is 0 Å². The average molecular weight is 1470 g/mol. The van der Waals surface area contributed by atoms with Crippen LogP contribution >= 0.6 is 23.2 Å². The minimum atomic E-state index is -0.250. The number of hydrogen-bond donors (Lipinski definition) is 10. The van der Waals surface area contributed by atoms with Crippen molar-refractivity contribution in [1.82, 2.24) is 81.2 Å². The zero-order valence-electron chi connectivity index (χ0n) is 57.1. The summed E-state index contributed by atoms with van der Waals surface area (Å²) in [5.74, 6) is 2.92. The Balaban J connectivity index is 0.000000161. The molecule has 24 heteroatoms. The van der Waals surface area contributed by atoms with Crippen LogP contribution in [-0.4, -0.2) is 161 Å². The Kier molecular flexibility index (Phi) is 29.6. The van der Waals surface area contributed by atoms with Gasteiger partial charge in [-0.25, -0.2) is 8.78 Å². The van der Waals surface area contributed by atoms with Crippen LogP contribution < -0.4 is 31.9 Å². The van der Waals surface area contributed by atoms with Gasteiger partial charge in [0.15, 0.2) is 23.3 Å². The first-order valence-corrected chi connectivity index (χ1v) is 35.6. The summed E-state index contributed by atoms with van der Waals surface area (Å²) >= 11 is 12.1. The Labute approximate surface area is 632 Å². The Morgan fingerprint density at radius 3 is 0.849 bits per heavy atom. The summed E-state index contributed by atoms with van der Waals surface area (Å²) in [5, 5.41) is 53.6. The maximum absolute atomic E-state index is 13.3. The van der Waals surface area contributed by atoms with E-state index in [4.69, 9.17) is 23.2 Å². The molecular formula is C82H100Cl2F2N20. The SMILES string of the molecule is C.C.C.C.CN1CCCC(Nc2n[nH]c(-c3ccc(Cl)cc3)c2-c2ccncc2)C1.CN1CCCC(Nc2n[nH]c(-c3ccc(F)cc3)c2-c2ccncc2)C1.Clc1ccc(-c2[nH]nc(NC3CCCNC3)c2-c2ccncc2)cc1.Fc1ccc(-c2[nH]nc(NC3CCCNC3)c2-c2ccncc2)cc1. The molecule has 8 aromatic heterocycles. The molecule has 20 nitrogen and oxygen atoms in total. The molecule has 12 heterocycles. The van der Waals surface area contributed by atoms with Gasteiger partial charge in [-0.2, -0.15) is 20.4 Å². The largest absolute Gasteiger partial charge is 0.364 e. The van der Waals surface area contributed by atoms with Gasteiger partial charge in [-0.3, -0.25) is 40.3 Å². The maximum Gasteiger partial charge on any atom is 0.156 e. The van der Waals surface area contributed by atoms with Gasteiger partial charge in [0.25, 0.3) is 0 Å². The number of likely N-dealkylation sites (N-methyl/N-ethyl adjacent to an activating group) is 2. The van der Waals surface area contributed by atoms with Crippen LogP contribution in [0.1, 0.15) is 81.1 Å². The fourth-order valence-corrected chi connectivity index (χ4v) is 13.8. The van der Waals surface area contributed by atoms with Crippen molar-refractivity contribution in [2.24, 2.45) is 0 Å². The smallest absolute Gasteiger partial charge is 0.156 e. The van der Waals surface area contributed by atoms with E-state index in [0.717, 1.165) is 207 Å². The Bertz CT molecular complexity index is 4240. The van der Waals surface area contributed by atoms with Crippen molar-refractivity contribution in [3.05, 3.63) is 217 Å². The van der Waals surface area contributed by atoms with Gasteiger partial charge in [0.05, 0.1) is 45.0 Å². The Hall–Kier alpha value is -10.2. The number of nitrogens with zero attached hydrogens (tertiary/aromatic N) is 10. The molecule has 0 amide bonds. The van der Waals surface area contributed by atoms with Gasteiger partial charge in [-0.05, 0) is 235 Å². The van der Waals surface area contributed by atoms with Crippen LogP contribution in [0.4, 0.5) is 32.1 Å². The van der Waals surface area contributed by atoms with E-state index in [2.05, 4.69) is 117 Å². The van der Waals surface area contributed by atoms with Crippen LogP contribution in [0.3, 0.4) is 0 Å². The van der Waals surface area contributed by atoms with Crippen molar-refractivity contribution >= 4 is 46.5 Å². The normalized spacial score (nSPS) is 17.0. The second-order valence-corrected chi connectivity index (χ2v) is 27.0. The van der Waals surface area contributed by atoms with Gasteiger partial charge in [0.2, 0.25) is 0 Å². The number of likely N-dealkylation sites (tertiary alicyclic amines) is 2. The van der Waals surface area contributed by atoms with Gasteiger partial charge in [0.1, 0.15) is 11.6 Å². The third-order valence-electron chi connectivity index (χ3n) is 18.7. The van der Waals surface area contributed by atoms with Gasteiger partial charge in [-0.15, -0.1) is 0 Å². The third kappa shape index (κ3) is 20.6. The van der Waals surface area contributed by atoms with Crippen molar-refractivity contribution in [3.8, 4) is 89.5 Å². The van der Waals surface area contributed by atoms with Crippen molar-refractivity contribution in [2.75, 3.05) is 87.7 Å². The summed E-state index contributed by atoms with van der Waals surface area (Å²) in [4.78, 5) is 21.2. The molecule has 0 spiro atoms. The van der Waals surface area contributed by atoms with Crippen LogP contribution in [0.15, 0.2) is 195 Å². The molecule has 10 N–H and O–H groups in total. The zero-order chi connectivity index (χ0) is 70.0. The molecule has 4 unspecified atom stereocenters.